The molecule has 0 atom stereocenters. The lowest BCUT2D eigenvalue weighted by atomic mass is 10.0. The summed E-state index contributed by atoms with van der Waals surface area (Å²) < 4.78 is 12.9. The third-order valence-electron chi connectivity index (χ3n) is 4.24. The summed E-state index contributed by atoms with van der Waals surface area (Å²) in [5, 5.41) is 4.76. The number of ether oxygens (including phenoxy) is 2. The van der Waals surface area contributed by atoms with Crippen molar-refractivity contribution in [3.63, 3.8) is 0 Å². The predicted molar refractivity (Wildman–Crippen MR) is 82.4 cm³/mol. The Morgan fingerprint density at radius 3 is 2.50 bits per heavy atom. The number of amides is 1. The zero-order valence-electron chi connectivity index (χ0n) is 12.8. The van der Waals surface area contributed by atoms with E-state index in [4.69, 9.17) is 21.1 Å². The van der Waals surface area contributed by atoms with Gasteiger partial charge in [0.15, 0.2) is 5.79 Å². The van der Waals surface area contributed by atoms with E-state index in [1.165, 1.54) is 0 Å². The molecule has 3 heterocycles. The van der Waals surface area contributed by atoms with Crippen LogP contribution in [0, 0.1) is 6.92 Å². The van der Waals surface area contributed by atoms with Crippen LogP contribution in [-0.4, -0.2) is 52.7 Å². The molecule has 1 amide bonds. The van der Waals surface area contributed by atoms with E-state index in [0.717, 1.165) is 24.1 Å². The van der Waals surface area contributed by atoms with E-state index in [9.17, 15) is 4.79 Å². The number of piperidine rings is 1. The van der Waals surface area contributed by atoms with Gasteiger partial charge >= 0.3 is 0 Å². The maximum Gasteiger partial charge on any atom is 0.246 e. The number of hydrogen-bond acceptors (Lipinski definition) is 4. The number of hydrogen-bond donors (Lipinski definition) is 0. The molecule has 0 aliphatic carbocycles. The molecule has 2 aliphatic heterocycles. The monoisotopic (exact) mass is 325 g/mol. The van der Waals surface area contributed by atoms with Crippen molar-refractivity contribution in [2.75, 3.05) is 26.3 Å². The third kappa shape index (κ3) is 2.91. The number of rotatable bonds is 2. The van der Waals surface area contributed by atoms with E-state index in [-0.39, 0.29) is 5.91 Å². The van der Waals surface area contributed by atoms with E-state index in [1.807, 2.05) is 11.8 Å². The smallest absolute Gasteiger partial charge is 0.246 e. The van der Waals surface area contributed by atoms with Gasteiger partial charge in [-0.1, -0.05) is 11.6 Å². The number of aromatic nitrogens is 2. The van der Waals surface area contributed by atoms with Crippen LogP contribution in [0.3, 0.4) is 0 Å². The fourth-order valence-electron chi connectivity index (χ4n) is 2.95. The van der Waals surface area contributed by atoms with Crippen LogP contribution in [0.25, 0.3) is 6.08 Å². The predicted octanol–water partition coefficient (Wildman–Crippen LogP) is 1.76. The fraction of sp³-hybridized carbons (Fsp3) is 0.600. The Morgan fingerprint density at radius 2 is 1.95 bits per heavy atom. The molecule has 1 aromatic rings. The summed E-state index contributed by atoms with van der Waals surface area (Å²) in [7, 11) is 1.78. The SMILES string of the molecule is Cc1nn(C)c(Cl)c1/C=C/C(=O)N1CCC2(CC1)OCCO2. The first-order valence-electron chi connectivity index (χ1n) is 7.45. The molecule has 2 fully saturated rings. The van der Waals surface area contributed by atoms with Crippen LogP contribution in [0.2, 0.25) is 5.15 Å². The summed E-state index contributed by atoms with van der Waals surface area (Å²) in [5.74, 6) is -0.476. The molecule has 2 saturated heterocycles. The van der Waals surface area contributed by atoms with Gasteiger partial charge in [-0.2, -0.15) is 5.10 Å². The summed E-state index contributed by atoms with van der Waals surface area (Å²) in [5.41, 5.74) is 1.59. The number of likely N-dealkylation sites (tertiary alicyclic amines) is 1. The summed E-state index contributed by atoms with van der Waals surface area (Å²) >= 11 is 6.16. The molecular formula is C15H20ClN3O3. The highest BCUT2D eigenvalue weighted by Crippen LogP contribution is 2.31. The summed E-state index contributed by atoms with van der Waals surface area (Å²) in [4.78, 5) is 14.1. The average molecular weight is 326 g/mol. The Balaban J connectivity index is 1.62. The Labute approximate surface area is 134 Å². The molecule has 120 valence electrons. The van der Waals surface area contributed by atoms with Gasteiger partial charge in [-0.3, -0.25) is 9.48 Å². The minimum Gasteiger partial charge on any atom is -0.347 e. The van der Waals surface area contributed by atoms with Crippen molar-refractivity contribution in [2.45, 2.75) is 25.6 Å². The van der Waals surface area contributed by atoms with Crippen LogP contribution in [0.15, 0.2) is 6.08 Å². The molecule has 0 aromatic carbocycles. The second kappa shape index (κ2) is 6.02. The molecule has 6 nitrogen and oxygen atoms in total. The van der Waals surface area contributed by atoms with Gasteiger partial charge in [0.2, 0.25) is 5.91 Å². The Kier molecular flexibility index (Phi) is 4.25. The second-order valence-electron chi connectivity index (χ2n) is 5.68. The molecule has 0 bridgehead atoms. The average Bonchev–Trinajstić information content (AvgIpc) is 3.04. The van der Waals surface area contributed by atoms with Gasteiger partial charge in [-0.15, -0.1) is 0 Å². The highest BCUT2D eigenvalue weighted by Gasteiger charge is 2.40. The lowest BCUT2D eigenvalue weighted by Gasteiger charge is -2.37. The fourth-order valence-corrected chi connectivity index (χ4v) is 3.19. The summed E-state index contributed by atoms with van der Waals surface area (Å²) in [6.45, 7) is 4.45. The van der Waals surface area contributed by atoms with Crippen molar-refractivity contribution in [1.82, 2.24) is 14.7 Å². The van der Waals surface area contributed by atoms with Crippen LogP contribution in [-0.2, 0) is 21.3 Å². The van der Waals surface area contributed by atoms with E-state index in [1.54, 1.807) is 23.9 Å². The second-order valence-corrected chi connectivity index (χ2v) is 6.04. The van der Waals surface area contributed by atoms with Crippen LogP contribution in [0.1, 0.15) is 24.1 Å². The number of halogens is 1. The molecule has 1 spiro atoms. The molecule has 0 N–H and O–H groups in total. The topological polar surface area (TPSA) is 56.6 Å². The molecule has 2 aliphatic rings. The number of carbonyl (C=O) groups is 1. The van der Waals surface area contributed by atoms with Crippen LogP contribution in [0.5, 0.6) is 0 Å². The van der Waals surface area contributed by atoms with Crippen molar-refractivity contribution in [2.24, 2.45) is 7.05 Å². The van der Waals surface area contributed by atoms with E-state index in [0.29, 0.717) is 31.5 Å². The molecule has 0 unspecified atom stereocenters. The molecule has 0 saturated carbocycles. The minimum absolute atomic E-state index is 0.0211. The normalized spacial score (nSPS) is 21.1. The first kappa shape index (κ1) is 15.5. The van der Waals surface area contributed by atoms with Crippen molar-refractivity contribution < 1.29 is 14.3 Å². The Bertz CT molecular complexity index is 595. The van der Waals surface area contributed by atoms with Crippen molar-refractivity contribution >= 4 is 23.6 Å². The molecule has 3 rings (SSSR count). The summed E-state index contributed by atoms with van der Waals surface area (Å²) in [6.07, 6.45) is 4.74. The van der Waals surface area contributed by atoms with Crippen LogP contribution < -0.4 is 0 Å². The van der Waals surface area contributed by atoms with E-state index < -0.39 is 5.79 Å². The third-order valence-corrected chi connectivity index (χ3v) is 4.69. The standard InChI is InChI=1S/C15H20ClN3O3/c1-11-12(14(16)18(2)17-11)3-4-13(20)19-7-5-15(6-8-19)21-9-10-22-15/h3-4H,5-10H2,1-2H3/b4-3+. The molecular weight excluding hydrogens is 306 g/mol. The van der Waals surface area contributed by atoms with Gasteiger partial charge in [-0.25, -0.2) is 0 Å². The lowest BCUT2D eigenvalue weighted by Crippen LogP contribution is -2.46. The molecule has 0 radical (unpaired) electrons. The number of carbonyl (C=O) groups excluding carboxylic acids is 1. The van der Waals surface area contributed by atoms with Gasteiger partial charge < -0.3 is 14.4 Å². The maximum absolute atomic E-state index is 12.3. The van der Waals surface area contributed by atoms with Crippen molar-refractivity contribution in [3.05, 3.63) is 22.5 Å². The highest BCUT2D eigenvalue weighted by molar-refractivity contribution is 6.31. The number of nitrogens with zero attached hydrogens (tertiary/aromatic N) is 3. The lowest BCUT2D eigenvalue weighted by molar-refractivity contribution is -0.186. The van der Waals surface area contributed by atoms with Crippen LogP contribution >= 0.6 is 11.6 Å². The first-order chi connectivity index (χ1) is 10.5. The van der Waals surface area contributed by atoms with Gasteiger partial charge in [0.25, 0.3) is 0 Å². The first-order valence-corrected chi connectivity index (χ1v) is 7.82. The van der Waals surface area contributed by atoms with Gasteiger partial charge in [0.05, 0.1) is 18.9 Å². The Morgan fingerprint density at radius 1 is 1.32 bits per heavy atom. The Hall–Kier alpha value is -1.37. The zero-order chi connectivity index (χ0) is 15.7. The van der Waals surface area contributed by atoms with Crippen molar-refractivity contribution in [1.29, 1.82) is 0 Å². The summed E-state index contributed by atoms with van der Waals surface area (Å²) in [6, 6.07) is 0. The molecule has 7 heteroatoms. The molecule has 1 aromatic heterocycles. The molecule has 22 heavy (non-hydrogen) atoms. The largest absolute Gasteiger partial charge is 0.347 e. The zero-order valence-corrected chi connectivity index (χ0v) is 13.6. The van der Waals surface area contributed by atoms with Gasteiger partial charge in [0.1, 0.15) is 5.15 Å². The van der Waals surface area contributed by atoms with E-state index >= 15 is 0 Å². The highest BCUT2D eigenvalue weighted by atomic mass is 35.5. The van der Waals surface area contributed by atoms with Crippen LogP contribution in [0.4, 0.5) is 0 Å². The minimum atomic E-state index is -0.455. The van der Waals surface area contributed by atoms with Crippen molar-refractivity contribution in [3.8, 4) is 0 Å². The van der Waals surface area contributed by atoms with Gasteiger partial charge in [0, 0.05) is 44.6 Å². The van der Waals surface area contributed by atoms with Gasteiger partial charge in [-0.05, 0) is 13.0 Å². The maximum atomic E-state index is 12.3. The van der Waals surface area contributed by atoms with E-state index in [2.05, 4.69) is 5.10 Å². The quantitative estimate of drug-likeness (QED) is 0.778. The number of aryl methyl sites for hydroxylation is 2.